The van der Waals surface area contributed by atoms with Crippen LogP contribution in [-0.2, 0) is 9.84 Å². The van der Waals surface area contributed by atoms with Crippen LogP contribution < -0.4 is 0 Å². The fraction of sp³-hybridized carbons (Fsp3) is 0.300. The molecule has 0 bridgehead atoms. The number of alkyl halides is 5. The molecule has 9 heteroatoms. The molecule has 2 unspecified atom stereocenters. The van der Waals surface area contributed by atoms with Gasteiger partial charge in [0.05, 0.1) is 4.90 Å². The highest BCUT2D eigenvalue weighted by molar-refractivity contribution is 7.92. The first-order chi connectivity index (χ1) is 8.59. The number of benzene rings is 1. The van der Waals surface area contributed by atoms with Crippen molar-refractivity contribution in [3.63, 3.8) is 0 Å². The van der Waals surface area contributed by atoms with Crippen LogP contribution in [0, 0.1) is 0 Å². The van der Waals surface area contributed by atoms with Gasteiger partial charge in [0, 0.05) is 11.1 Å². The summed E-state index contributed by atoms with van der Waals surface area (Å²) in [5.74, 6) is -1.36. The van der Waals surface area contributed by atoms with Gasteiger partial charge in [-0.15, -0.1) is 0 Å². The fourth-order valence-corrected chi connectivity index (χ4v) is 2.85. The van der Waals surface area contributed by atoms with Gasteiger partial charge in [-0.1, -0.05) is 12.1 Å². The molecular formula is C10H5F5O3S. The number of hydrogen-bond acceptors (Lipinski definition) is 3. The minimum Gasteiger partial charge on any atom is -0.291 e. The van der Waals surface area contributed by atoms with Crippen molar-refractivity contribution in [1.29, 1.82) is 0 Å². The number of hydrogen-bond donors (Lipinski definition) is 0. The number of carbonyl (C=O) groups excluding carboxylic acids is 1. The molecule has 0 fully saturated rings. The Morgan fingerprint density at radius 1 is 1.05 bits per heavy atom. The average Bonchev–Trinajstić information content (AvgIpc) is 2.53. The number of fused-ring (bicyclic) bond motifs is 1. The number of rotatable bonds is 1. The molecule has 0 aromatic heterocycles. The van der Waals surface area contributed by atoms with Crippen LogP contribution in [0.1, 0.15) is 22.1 Å². The van der Waals surface area contributed by atoms with Crippen molar-refractivity contribution in [2.75, 3.05) is 0 Å². The molecule has 19 heavy (non-hydrogen) atoms. The Morgan fingerprint density at radius 2 is 1.63 bits per heavy atom. The van der Waals surface area contributed by atoms with Crippen LogP contribution in [0.15, 0.2) is 23.1 Å². The Labute approximate surface area is 103 Å². The maximum absolute atomic E-state index is 13.5. The van der Waals surface area contributed by atoms with Crippen molar-refractivity contribution in [2.45, 2.75) is 22.7 Å². The van der Waals surface area contributed by atoms with Crippen LogP contribution in [0.5, 0.6) is 0 Å². The molecule has 1 aliphatic carbocycles. The summed E-state index contributed by atoms with van der Waals surface area (Å²) in [5.41, 5.74) is -7.39. The van der Waals surface area contributed by atoms with Crippen molar-refractivity contribution in [2.24, 2.45) is 0 Å². The zero-order valence-corrected chi connectivity index (χ0v) is 9.73. The highest BCUT2D eigenvalue weighted by Gasteiger charge is 2.52. The predicted octanol–water partition coefficient (Wildman–Crippen LogP) is 2.53. The third-order valence-corrected chi connectivity index (χ3v) is 4.25. The molecule has 2 atom stereocenters. The SMILES string of the molecule is O=C1c2cccc(S(=O)(=O)C(F)(F)F)c2C(F)C1F. The Bertz CT molecular complexity index is 650. The maximum Gasteiger partial charge on any atom is 0.501 e. The van der Waals surface area contributed by atoms with Crippen LogP contribution in [0.2, 0.25) is 0 Å². The van der Waals surface area contributed by atoms with E-state index in [4.69, 9.17) is 0 Å². The van der Waals surface area contributed by atoms with Crippen molar-refractivity contribution in [1.82, 2.24) is 0 Å². The van der Waals surface area contributed by atoms with Gasteiger partial charge in [0.2, 0.25) is 5.78 Å². The van der Waals surface area contributed by atoms with E-state index in [0.717, 1.165) is 12.1 Å². The molecule has 0 N–H and O–H groups in total. The van der Waals surface area contributed by atoms with E-state index in [0.29, 0.717) is 6.07 Å². The minimum absolute atomic E-state index is 0.500. The van der Waals surface area contributed by atoms with E-state index in [9.17, 15) is 35.2 Å². The highest BCUT2D eigenvalue weighted by Crippen LogP contribution is 2.43. The second kappa shape index (κ2) is 3.99. The monoisotopic (exact) mass is 300 g/mol. The zero-order valence-electron chi connectivity index (χ0n) is 8.91. The summed E-state index contributed by atoms with van der Waals surface area (Å²) >= 11 is 0. The lowest BCUT2D eigenvalue weighted by Gasteiger charge is -2.12. The van der Waals surface area contributed by atoms with Gasteiger partial charge in [-0.25, -0.2) is 17.2 Å². The Hall–Kier alpha value is -1.51. The summed E-state index contributed by atoms with van der Waals surface area (Å²) in [7, 11) is -5.84. The molecule has 3 nitrogen and oxygen atoms in total. The normalized spacial score (nSPS) is 23.5. The number of ketones is 1. The molecule has 1 aliphatic rings. The largest absolute Gasteiger partial charge is 0.501 e. The van der Waals surface area contributed by atoms with Crippen LogP contribution in [0.25, 0.3) is 0 Å². The molecule has 1 aromatic carbocycles. The van der Waals surface area contributed by atoms with Gasteiger partial charge in [0.25, 0.3) is 9.84 Å². The molecular weight excluding hydrogens is 295 g/mol. The number of Topliss-reactive ketones (excluding diaryl/α,β-unsaturated/α-hetero) is 1. The molecule has 0 saturated carbocycles. The summed E-state index contributed by atoms with van der Waals surface area (Å²) in [6.07, 6.45) is -5.39. The molecule has 104 valence electrons. The van der Waals surface area contributed by atoms with Crippen molar-refractivity contribution >= 4 is 15.6 Å². The number of carbonyl (C=O) groups is 1. The lowest BCUT2D eigenvalue weighted by molar-refractivity contribution is -0.0436. The molecule has 0 heterocycles. The Kier molecular flexibility index (Phi) is 2.92. The first-order valence-electron chi connectivity index (χ1n) is 4.85. The summed E-state index contributed by atoms with van der Waals surface area (Å²) in [6, 6.07) is 2.22. The first kappa shape index (κ1) is 13.9. The summed E-state index contributed by atoms with van der Waals surface area (Å²) in [6.45, 7) is 0. The van der Waals surface area contributed by atoms with Gasteiger partial charge >= 0.3 is 5.51 Å². The van der Waals surface area contributed by atoms with E-state index in [2.05, 4.69) is 0 Å². The fourth-order valence-electron chi connectivity index (χ4n) is 1.83. The third-order valence-electron chi connectivity index (χ3n) is 2.71. The number of sulfone groups is 1. The Balaban J connectivity index is 2.76. The van der Waals surface area contributed by atoms with Crippen LogP contribution >= 0.6 is 0 Å². The Morgan fingerprint density at radius 3 is 2.16 bits per heavy atom. The molecule has 0 amide bonds. The lowest BCUT2D eigenvalue weighted by Crippen LogP contribution is -2.24. The van der Waals surface area contributed by atoms with Gasteiger partial charge in [0.15, 0.2) is 12.3 Å². The molecule has 2 rings (SSSR count). The smallest absolute Gasteiger partial charge is 0.291 e. The minimum atomic E-state index is -5.84. The lowest BCUT2D eigenvalue weighted by atomic mass is 10.1. The van der Waals surface area contributed by atoms with Crippen LogP contribution in [0.3, 0.4) is 0 Å². The predicted molar refractivity (Wildman–Crippen MR) is 52.8 cm³/mol. The molecule has 0 saturated heterocycles. The van der Waals surface area contributed by atoms with Crippen LogP contribution in [0.4, 0.5) is 22.0 Å². The summed E-state index contributed by atoms with van der Waals surface area (Å²) in [4.78, 5) is 9.83. The van der Waals surface area contributed by atoms with Gasteiger partial charge in [0.1, 0.15) is 0 Å². The van der Waals surface area contributed by atoms with Crippen molar-refractivity contribution < 1.29 is 35.2 Å². The van der Waals surface area contributed by atoms with E-state index in [1.165, 1.54) is 0 Å². The van der Waals surface area contributed by atoms with Gasteiger partial charge < -0.3 is 0 Å². The standard InChI is InChI=1S/C10H5F5O3S/c11-7-6-4(9(16)8(7)12)2-1-3-5(6)19(17,18)10(13,14)15/h1-3,7-8H. The summed E-state index contributed by atoms with van der Waals surface area (Å²) < 4.78 is 86.4. The van der Waals surface area contributed by atoms with Gasteiger partial charge in [-0.05, 0) is 6.07 Å². The second-order valence-electron chi connectivity index (χ2n) is 3.83. The average molecular weight is 300 g/mol. The van der Waals surface area contributed by atoms with Crippen LogP contribution in [-0.4, -0.2) is 25.9 Å². The topological polar surface area (TPSA) is 51.2 Å². The van der Waals surface area contributed by atoms with E-state index < -0.39 is 49.5 Å². The highest BCUT2D eigenvalue weighted by atomic mass is 32.2. The zero-order chi connectivity index (χ0) is 14.6. The summed E-state index contributed by atoms with van der Waals surface area (Å²) in [5, 5.41) is 0. The van der Waals surface area contributed by atoms with E-state index in [1.54, 1.807) is 0 Å². The third kappa shape index (κ3) is 1.83. The molecule has 0 spiro atoms. The quantitative estimate of drug-likeness (QED) is 0.749. The van der Waals surface area contributed by atoms with Gasteiger partial charge in [-0.2, -0.15) is 13.2 Å². The van der Waals surface area contributed by atoms with Crippen molar-refractivity contribution in [3.8, 4) is 0 Å². The van der Waals surface area contributed by atoms with E-state index >= 15 is 0 Å². The van der Waals surface area contributed by atoms with Gasteiger partial charge in [-0.3, -0.25) is 4.79 Å². The second-order valence-corrected chi connectivity index (χ2v) is 5.74. The van der Waals surface area contributed by atoms with E-state index in [-0.39, 0.29) is 0 Å². The van der Waals surface area contributed by atoms with E-state index in [1.807, 2.05) is 0 Å². The first-order valence-corrected chi connectivity index (χ1v) is 6.34. The molecule has 1 aromatic rings. The number of halogens is 5. The van der Waals surface area contributed by atoms with Crippen molar-refractivity contribution in [3.05, 3.63) is 29.3 Å². The maximum atomic E-state index is 13.5. The molecule has 0 aliphatic heterocycles. The molecule has 0 radical (unpaired) electrons.